The molecular formula is C21H23N5S2. The second-order valence-corrected chi connectivity index (χ2v) is 8.44. The molecule has 0 amide bonds. The van der Waals surface area contributed by atoms with Crippen molar-refractivity contribution in [1.29, 1.82) is 0 Å². The van der Waals surface area contributed by atoms with E-state index in [1.807, 2.05) is 40.6 Å². The maximum absolute atomic E-state index is 5.63. The van der Waals surface area contributed by atoms with E-state index in [1.165, 1.54) is 10.3 Å². The highest BCUT2D eigenvalue weighted by Crippen LogP contribution is 2.29. The quantitative estimate of drug-likeness (QED) is 0.429. The summed E-state index contributed by atoms with van der Waals surface area (Å²) in [7, 11) is 4.07. The average Bonchev–Trinajstić information content (AvgIpc) is 3.25. The molecule has 0 aliphatic rings. The summed E-state index contributed by atoms with van der Waals surface area (Å²) in [5.41, 5.74) is 2.29. The fourth-order valence-corrected chi connectivity index (χ4v) is 4.44. The summed E-state index contributed by atoms with van der Waals surface area (Å²) < 4.78 is 5.85. The van der Waals surface area contributed by atoms with Crippen molar-refractivity contribution >= 4 is 33.8 Å². The zero-order valence-corrected chi connectivity index (χ0v) is 17.9. The first-order valence-corrected chi connectivity index (χ1v) is 10.5. The molecule has 28 heavy (non-hydrogen) atoms. The van der Waals surface area contributed by atoms with E-state index in [1.54, 1.807) is 11.3 Å². The molecule has 0 aliphatic heterocycles. The molecule has 0 radical (unpaired) electrons. The Morgan fingerprint density at radius 2 is 1.82 bits per heavy atom. The molecule has 0 saturated carbocycles. The van der Waals surface area contributed by atoms with Gasteiger partial charge in [-0.1, -0.05) is 42.5 Å². The van der Waals surface area contributed by atoms with Crippen molar-refractivity contribution in [2.24, 2.45) is 7.05 Å². The molecule has 0 spiro atoms. The van der Waals surface area contributed by atoms with Crippen molar-refractivity contribution < 1.29 is 0 Å². The number of nitrogens with zero attached hydrogens (tertiary/aromatic N) is 5. The van der Waals surface area contributed by atoms with Gasteiger partial charge in [0, 0.05) is 13.5 Å². The molecule has 0 aliphatic carbocycles. The van der Waals surface area contributed by atoms with Crippen molar-refractivity contribution in [2.75, 3.05) is 7.05 Å². The number of thiazole rings is 1. The van der Waals surface area contributed by atoms with Crippen LogP contribution >= 0.6 is 23.6 Å². The Kier molecular flexibility index (Phi) is 5.39. The minimum Gasteiger partial charge on any atom is -0.307 e. The Bertz CT molecular complexity index is 1110. The van der Waals surface area contributed by atoms with Crippen LogP contribution in [0.1, 0.15) is 29.4 Å². The van der Waals surface area contributed by atoms with E-state index in [-0.39, 0.29) is 6.04 Å². The lowest BCUT2D eigenvalue weighted by molar-refractivity contribution is 0.194. The minimum absolute atomic E-state index is 0.180. The Balaban J connectivity index is 1.53. The molecule has 2 aromatic carbocycles. The molecule has 0 unspecified atom stereocenters. The average molecular weight is 410 g/mol. The molecule has 2 aromatic heterocycles. The summed E-state index contributed by atoms with van der Waals surface area (Å²) >= 11 is 7.37. The van der Waals surface area contributed by atoms with E-state index in [0.717, 1.165) is 27.5 Å². The van der Waals surface area contributed by atoms with Gasteiger partial charge in [-0.25, -0.2) is 9.67 Å². The number of hydrogen-bond acceptors (Lipinski definition) is 5. The van der Waals surface area contributed by atoms with Crippen LogP contribution in [0.2, 0.25) is 0 Å². The number of para-hydroxylation sites is 1. The van der Waals surface area contributed by atoms with Crippen LogP contribution in [0.5, 0.6) is 0 Å². The van der Waals surface area contributed by atoms with Crippen molar-refractivity contribution in [3.63, 3.8) is 0 Å². The maximum Gasteiger partial charge on any atom is 0.198 e. The van der Waals surface area contributed by atoms with Gasteiger partial charge in [-0.05, 0) is 43.9 Å². The van der Waals surface area contributed by atoms with Gasteiger partial charge in [0.05, 0.1) is 22.9 Å². The summed E-state index contributed by atoms with van der Waals surface area (Å²) in [5.74, 6) is 0.970. The van der Waals surface area contributed by atoms with Crippen LogP contribution in [0.25, 0.3) is 10.2 Å². The predicted octanol–water partition coefficient (Wildman–Crippen LogP) is 4.80. The van der Waals surface area contributed by atoms with Gasteiger partial charge in [0.25, 0.3) is 0 Å². The molecule has 0 bridgehead atoms. The van der Waals surface area contributed by atoms with Gasteiger partial charge < -0.3 is 4.57 Å². The summed E-state index contributed by atoms with van der Waals surface area (Å²) in [6.45, 7) is 2.80. The second-order valence-electron chi connectivity index (χ2n) is 7.01. The first-order valence-electron chi connectivity index (χ1n) is 9.25. The Morgan fingerprint density at radius 1 is 1.11 bits per heavy atom. The van der Waals surface area contributed by atoms with Crippen LogP contribution in [-0.2, 0) is 20.1 Å². The topological polar surface area (TPSA) is 38.9 Å². The summed E-state index contributed by atoms with van der Waals surface area (Å²) in [5, 5.41) is 5.89. The molecule has 4 rings (SSSR count). The molecule has 2 heterocycles. The first-order chi connectivity index (χ1) is 13.5. The molecule has 1 atom stereocenters. The van der Waals surface area contributed by atoms with E-state index in [9.17, 15) is 0 Å². The fourth-order valence-electron chi connectivity index (χ4n) is 3.15. The monoisotopic (exact) mass is 409 g/mol. The maximum atomic E-state index is 5.63. The van der Waals surface area contributed by atoms with E-state index in [2.05, 4.69) is 49.2 Å². The lowest BCUT2D eigenvalue weighted by Crippen LogP contribution is -2.26. The van der Waals surface area contributed by atoms with Crippen LogP contribution in [0.3, 0.4) is 0 Å². The Morgan fingerprint density at radius 3 is 2.57 bits per heavy atom. The van der Waals surface area contributed by atoms with Gasteiger partial charge in [0.15, 0.2) is 4.77 Å². The third-order valence-electron chi connectivity index (χ3n) is 5.02. The fraction of sp³-hybridized carbons (Fsp3) is 0.286. The van der Waals surface area contributed by atoms with Crippen LogP contribution in [0.4, 0.5) is 0 Å². The normalized spacial score (nSPS) is 12.7. The third kappa shape index (κ3) is 3.78. The van der Waals surface area contributed by atoms with E-state index < -0.39 is 0 Å². The predicted molar refractivity (Wildman–Crippen MR) is 117 cm³/mol. The number of rotatable bonds is 6. The zero-order valence-electron chi connectivity index (χ0n) is 16.2. The Labute approximate surface area is 173 Å². The van der Waals surface area contributed by atoms with Gasteiger partial charge in [0.2, 0.25) is 0 Å². The number of benzene rings is 2. The minimum atomic E-state index is 0.180. The van der Waals surface area contributed by atoms with Crippen molar-refractivity contribution in [3.8, 4) is 0 Å². The molecule has 0 fully saturated rings. The van der Waals surface area contributed by atoms with E-state index in [0.29, 0.717) is 6.67 Å². The lowest BCUT2D eigenvalue weighted by Gasteiger charge is -2.22. The van der Waals surface area contributed by atoms with Gasteiger partial charge in [-0.15, -0.1) is 11.3 Å². The number of aromatic nitrogens is 4. The Hall–Kier alpha value is -2.35. The summed E-state index contributed by atoms with van der Waals surface area (Å²) in [6.07, 6.45) is 0.769. The van der Waals surface area contributed by atoms with Gasteiger partial charge >= 0.3 is 0 Å². The highest BCUT2D eigenvalue weighted by Gasteiger charge is 2.18. The first kappa shape index (κ1) is 19.0. The van der Waals surface area contributed by atoms with Crippen molar-refractivity contribution in [1.82, 2.24) is 24.2 Å². The van der Waals surface area contributed by atoms with Crippen molar-refractivity contribution in [2.45, 2.75) is 26.1 Å². The standard InChI is InChI=1S/C21H23N5S2/c1-15(20-22-17-11-7-8-12-18(17)28-20)24(2)14-26-21(27)25(3)19(23-26)13-16-9-5-4-6-10-16/h4-12,15H,13-14H2,1-3H3/t15-/m1/s1. The van der Waals surface area contributed by atoms with Crippen LogP contribution < -0.4 is 0 Å². The van der Waals surface area contributed by atoms with Crippen LogP contribution in [0.15, 0.2) is 54.6 Å². The molecule has 4 aromatic rings. The van der Waals surface area contributed by atoms with Gasteiger partial charge in [-0.2, -0.15) is 5.10 Å². The lowest BCUT2D eigenvalue weighted by atomic mass is 10.1. The molecule has 0 saturated heterocycles. The van der Waals surface area contributed by atoms with E-state index in [4.69, 9.17) is 22.3 Å². The highest BCUT2D eigenvalue weighted by atomic mass is 32.1. The third-order valence-corrected chi connectivity index (χ3v) is 6.71. The largest absolute Gasteiger partial charge is 0.307 e. The van der Waals surface area contributed by atoms with Gasteiger partial charge in [-0.3, -0.25) is 4.90 Å². The summed E-state index contributed by atoms with van der Waals surface area (Å²) in [6, 6.07) is 18.8. The van der Waals surface area contributed by atoms with Crippen LogP contribution in [-0.4, -0.2) is 31.3 Å². The van der Waals surface area contributed by atoms with Gasteiger partial charge in [0.1, 0.15) is 10.8 Å². The molecular weight excluding hydrogens is 386 g/mol. The number of fused-ring (bicyclic) bond motifs is 1. The summed E-state index contributed by atoms with van der Waals surface area (Å²) in [4.78, 5) is 7.02. The molecule has 0 N–H and O–H groups in total. The highest BCUT2D eigenvalue weighted by molar-refractivity contribution is 7.71. The zero-order chi connectivity index (χ0) is 19.7. The van der Waals surface area contributed by atoms with E-state index >= 15 is 0 Å². The number of hydrogen-bond donors (Lipinski definition) is 0. The molecule has 7 heteroatoms. The van der Waals surface area contributed by atoms with Crippen molar-refractivity contribution in [3.05, 3.63) is 75.8 Å². The SMILES string of the molecule is C[C@H](c1nc2ccccc2s1)N(C)Cn1nc(Cc2ccccc2)n(C)c1=S. The molecule has 5 nitrogen and oxygen atoms in total. The van der Waals surface area contributed by atoms with Crippen LogP contribution in [0, 0.1) is 4.77 Å². The second kappa shape index (κ2) is 7.95. The molecule has 144 valence electrons. The smallest absolute Gasteiger partial charge is 0.198 e.